The van der Waals surface area contributed by atoms with Crippen LogP contribution >= 0.6 is 0 Å². The molecule has 0 nitrogen and oxygen atoms in total. The molecule has 0 saturated carbocycles. The highest BCUT2D eigenvalue weighted by Gasteiger charge is 1.79. The lowest BCUT2D eigenvalue weighted by molar-refractivity contribution is 0.855. The van der Waals surface area contributed by atoms with Crippen molar-refractivity contribution < 1.29 is 0 Å². The van der Waals surface area contributed by atoms with Crippen LogP contribution in [0.15, 0.2) is 42.5 Å². The lowest BCUT2D eigenvalue weighted by atomic mass is 10.2. The minimum Gasteiger partial charge on any atom is -0.0845 e. The van der Waals surface area contributed by atoms with Crippen LogP contribution in [0.2, 0.25) is 0 Å². The first-order valence-corrected chi connectivity index (χ1v) is 4.05. The zero-order valence-corrected chi connectivity index (χ0v) is 6.66. The fourth-order valence-electron chi connectivity index (χ4n) is 0.896. The van der Waals surface area contributed by atoms with Crippen LogP contribution in [-0.2, 0) is 0 Å². The summed E-state index contributed by atoms with van der Waals surface area (Å²) >= 11 is 0. The van der Waals surface area contributed by atoms with Gasteiger partial charge in [0.1, 0.15) is 0 Å². The Morgan fingerprint density at radius 3 is 2.73 bits per heavy atom. The molecule has 0 heteroatoms. The molecule has 0 aromatic rings. The molecule has 11 heavy (non-hydrogen) atoms. The van der Waals surface area contributed by atoms with E-state index in [4.69, 9.17) is 0 Å². The highest BCUT2D eigenvalue weighted by Crippen LogP contribution is 1.98. The van der Waals surface area contributed by atoms with E-state index >= 15 is 0 Å². The quantitative estimate of drug-likeness (QED) is 0.491. The summed E-state index contributed by atoms with van der Waals surface area (Å²) in [4.78, 5) is 0. The SMILES string of the molecule is [C]1=C/C=C\C=C/C=C\CCC\1. The molecule has 0 spiro atoms. The van der Waals surface area contributed by atoms with E-state index in [1.807, 2.05) is 24.3 Å². The summed E-state index contributed by atoms with van der Waals surface area (Å²) in [6.45, 7) is 0. The largest absolute Gasteiger partial charge is 0.0845 e. The number of hydrogen-bond acceptors (Lipinski definition) is 0. The summed E-state index contributed by atoms with van der Waals surface area (Å²) < 4.78 is 0. The van der Waals surface area contributed by atoms with E-state index in [1.165, 1.54) is 6.42 Å². The van der Waals surface area contributed by atoms with Crippen LogP contribution in [0.1, 0.15) is 19.3 Å². The maximum absolute atomic E-state index is 3.20. The summed E-state index contributed by atoms with van der Waals surface area (Å²) in [7, 11) is 0. The van der Waals surface area contributed by atoms with E-state index in [-0.39, 0.29) is 0 Å². The average molecular weight is 145 g/mol. The standard InChI is InChI=1S/C11H13/c1-2-4-6-8-10-11-9-7-5-3-1/h1-7H,8,10-11H2/b2-1-,5-3-,6-4-,9-7?. The van der Waals surface area contributed by atoms with E-state index in [0.717, 1.165) is 12.8 Å². The first-order chi connectivity index (χ1) is 5.50. The molecule has 1 radical (unpaired) electrons. The van der Waals surface area contributed by atoms with Crippen molar-refractivity contribution in [2.24, 2.45) is 0 Å². The molecule has 0 amide bonds. The number of rotatable bonds is 0. The topological polar surface area (TPSA) is 0 Å². The predicted octanol–water partition coefficient (Wildman–Crippen LogP) is 3.20. The molecule has 0 aromatic heterocycles. The van der Waals surface area contributed by atoms with Gasteiger partial charge in [-0.2, -0.15) is 0 Å². The van der Waals surface area contributed by atoms with Gasteiger partial charge in [0.2, 0.25) is 0 Å². The Morgan fingerprint density at radius 2 is 1.73 bits per heavy atom. The molecule has 0 aromatic carbocycles. The van der Waals surface area contributed by atoms with E-state index < -0.39 is 0 Å². The monoisotopic (exact) mass is 145 g/mol. The molecule has 0 aliphatic heterocycles. The zero-order chi connectivity index (χ0) is 7.78. The maximum atomic E-state index is 3.20. The van der Waals surface area contributed by atoms with Gasteiger partial charge in [-0.3, -0.25) is 0 Å². The fourth-order valence-corrected chi connectivity index (χ4v) is 0.896. The second-order valence-electron chi connectivity index (χ2n) is 2.46. The van der Waals surface area contributed by atoms with Crippen molar-refractivity contribution in [2.75, 3.05) is 0 Å². The molecule has 0 saturated heterocycles. The molecular formula is C11H13. The molecule has 0 N–H and O–H groups in total. The molecule has 1 aliphatic rings. The van der Waals surface area contributed by atoms with Gasteiger partial charge in [0, 0.05) is 0 Å². The second kappa shape index (κ2) is 5.72. The first kappa shape index (κ1) is 8.06. The van der Waals surface area contributed by atoms with Crippen LogP contribution in [0.25, 0.3) is 0 Å². The molecule has 0 atom stereocenters. The van der Waals surface area contributed by atoms with Gasteiger partial charge in [0.15, 0.2) is 0 Å². The van der Waals surface area contributed by atoms with Gasteiger partial charge in [-0.05, 0) is 25.3 Å². The zero-order valence-electron chi connectivity index (χ0n) is 6.66. The summed E-state index contributed by atoms with van der Waals surface area (Å²) in [5.74, 6) is 0. The molecule has 0 fully saturated rings. The molecule has 0 unspecified atom stereocenters. The van der Waals surface area contributed by atoms with Gasteiger partial charge >= 0.3 is 0 Å². The van der Waals surface area contributed by atoms with Crippen molar-refractivity contribution in [3.8, 4) is 0 Å². The average Bonchev–Trinajstić information content (AvgIpc) is 2.08. The van der Waals surface area contributed by atoms with E-state index in [1.54, 1.807) is 0 Å². The van der Waals surface area contributed by atoms with Crippen molar-refractivity contribution in [3.63, 3.8) is 0 Å². The smallest absolute Gasteiger partial charge is 0.0273 e. The third-order valence-electron chi connectivity index (χ3n) is 1.49. The highest BCUT2D eigenvalue weighted by molar-refractivity contribution is 5.14. The van der Waals surface area contributed by atoms with Crippen LogP contribution < -0.4 is 0 Å². The van der Waals surface area contributed by atoms with Crippen LogP contribution in [-0.4, -0.2) is 0 Å². The maximum Gasteiger partial charge on any atom is -0.0273 e. The summed E-state index contributed by atoms with van der Waals surface area (Å²) in [5.41, 5.74) is 0. The summed E-state index contributed by atoms with van der Waals surface area (Å²) in [5, 5.41) is 0. The number of hydrogen-bond donors (Lipinski definition) is 0. The van der Waals surface area contributed by atoms with Crippen molar-refractivity contribution in [2.45, 2.75) is 19.3 Å². The van der Waals surface area contributed by atoms with Crippen molar-refractivity contribution in [1.29, 1.82) is 0 Å². The van der Waals surface area contributed by atoms with Crippen molar-refractivity contribution >= 4 is 0 Å². The second-order valence-corrected chi connectivity index (χ2v) is 2.46. The van der Waals surface area contributed by atoms with Gasteiger partial charge in [-0.1, -0.05) is 42.5 Å². The Morgan fingerprint density at radius 1 is 0.909 bits per heavy atom. The molecule has 0 bridgehead atoms. The van der Waals surface area contributed by atoms with Crippen LogP contribution in [0.3, 0.4) is 0 Å². The minimum absolute atomic E-state index is 1.06. The van der Waals surface area contributed by atoms with Crippen molar-refractivity contribution in [3.05, 3.63) is 48.6 Å². The van der Waals surface area contributed by atoms with Crippen LogP contribution in [0.4, 0.5) is 0 Å². The Balaban J connectivity index is 2.47. The molecular weight excluding hydrogens is 132 g/mol. The lowest BCUT2D eigenvalue weighted by Gasteiger charge is -1.86. The summed E-state index contributed by atoms with van der Waals surface area (Å²) in [6.07, 6.45) is 21.0. The van der Waals surface area contributed by atoms with E-state index in [0.29, 0.717) is 0 Å². The van der Waals surface area contributed by atoms with Gasteiger partial charge in [-0.15, -0.1) is 0 Å². The fraction of sp³-hybridized carbons (Fsp3) is 0.273. The van der Waals surface area contributed by atoms with Crippen molar-refractivity contribution in [1.82, 2.24) is 0 Å². The van der Waals surface area contributed by atoms with Gasteiger partial charge in [0.25, 0.3) is 0 Å². The minimum atomic E-state index is 1.06. The number of allylic oxidation sites excluding steroid dienone is 8. The van der Waals surface area contributed by atoms with Gasteiger partial charge in [0.05, 0.1) is 0 Å². The molecule has 1 rings (SSSR count). The Bertz CT molecular complexity index is 170. The third-order valence-corrected chi connectivity index (χ3v) is 1.49. The highest BCUT2D eigenvalue weighted by atomic mass is 13.9. The van der Waals surface area contributed by atoms with E-state index in [9.17, 15) is 0 Å². The van der Waals surface area contributed by atoms with Gasteiger partial charge in [-0.25, -0.2) is 0 Å². The molecule has 57 valence electrons. The van der Waals surface area contributed by atoms with Crippen LogP contribution in [0.5, 0.6) is 0 Å². The normalized spacial score (nSPS) is 29.8. The summed E-state index contributed by atoms with van der Waals surface area (Å²) in [6, 6.07) is 0. The third kappa shape index (κ3) is 4.38. The van der Waals surface area contributed by atoms with E-state index in [2.05, 4.69) is 24.3 Å². The van der Waals surface area contributed by atoms with Gasteiger partial charge < -0.3 is 0 Å². The first-order valence-electron chi connectivity index (χ1n) is 4.05. The van der Waals surface area contributed by atoms with Crippen LogP contribution in [0, 0.1) is 6.08 Å². The Labute approximate surface area is 68.6 Å². The Kier molecular flexibility index (Phi) is 4.19. The molecule has 0 heterocycles. The lowest BCUT2D eigenvalue weighted by Crippen LogP contribution is -1.68. The molecule has 1 aliphatic carbocycles. The Hall–Kier alpha value is -1.04. The predicted molar refractivity (Wildman–Crippen MR) is 49.1 cm³/mol.